The van der Waals surface area contributed by atoms with Gasteiger partial charge in [0.2, 0.25) is 17.6 Å². The largest absolute Gasteiger partial charge is 0.502 e. The molecule has 0 bridgehead atoms. The number of phenols is 1. The van der Waals surface area contributed by atoms with Crippen molar-refractivity contribution >= 4 is 39.3 Å². The quantitative estimate of drug-likeness (QED) is 0.354. The van der Waals surface area contributed by atoms with Gasteiger partial charge >= 0.3 is 0 Å². The van der Waals surface area contributed by atoms with Crippen LogP contribution < -0.4 is 9.47 Å². The van der Waals surface area contributed by atoms with E-state index >= 15 is 0 Å². The van der Waals surface area contributed by atoms with Gasteiger partial charge in [-0.15, -0.1) is 0 Å². The van der Waals surface area contributed by atoms with Crippen LogP contribution in [0.1, 0.15) is 31.2 Å². The first-order valence-corrected chi connectivity index (χ1v) is 12.2. The molecule has 0 saturated carbocycles. The highest BCUT2D eigenvalue weighted by Crippen LogP contribution is 2.56. The second kappa shape index (κ2) is 8.48. The van der Waals surface area contributed by atoms with E-state index in [2.05, 4.69) is 15.9 Å². The first-order chi connectivity index (χ1) is 16.7. The molecule has 1 aliphatic heterocycles. The van der Waals surface area contributed by atoms with Crippen LogP contribution in [0.15, 0.2) is 45.5 Å². The molecule has 1 saturated heterocycles. The van der Waals surface area contributed by atoms with E-state index in [4.69, 9.17) is 9.47 Å². The topological polar surface area (TPSA) is 110 Å². The summed E-state index contributed by atoms with van der Waals surface area (Å²) in [6.07, 6.45) is 3.81. The van der Waals surface area contributed by atoms with E-state index < -0.39 is 23.7 Å². The first kappa shape index (κ1) is 23.5. The summed E-state index contributed by atoms with van der Waals surface area (Å²) in [5.74, 6) is -3.00. The van der Waals surface area contributed by atoms with Crippen LogP contribution in [0, 0.1) is 17.8 Å². The minimum atomic E-state index is -0.653. The number of Topliss-reactive ketones (excluding diaryl/α,β-unsaturated/α-hetero) is 1. The standard InChI is InChI=1S/C26H24BrNO7/c1-4-28-25(32)13-6-5-12-14(21(13)26(28)33)9-15-22(17(29)10-16(27)23(15)30)20(12)11-7-18(34-2)24(31)19(8-11)35-3/h5,7-8,10,13-14,20-21,31H,4,6,9H2,1-3H3. The van der Waals surface area contributed by atoms with Crippen molar-refractivity contribution in [2.75, 3.05) is 20.8 Å². The van der Waals surface area contributed by atoms with Gasteiger partial charge in [-0.3, -0.25) is 24.1 Å². The number of amides is 2. The molecular formula is C26H24BrNO7. The molecule has 0 radical (unpaired) electrons. The molecule has 2 amide bonds. The Bertz CT molecular complexity index is 1270. The molecule has 8 nitrogen and oxygen atoms in total. The summed E-state index contributed by atoms with van der Waals surface area (Å²) in [4.78, 5) is 54.0. The van der Waals surface area contributed by atoms with Gasteiger partial charge < -0.3 is 14.6 Å². The maximum absolute atomic E-state index is 13.3. The molecule has 0 aromatic heterocycles. The molecule has 182 valence electrons. The number of fused-ring (bicyclic) bond motifs is 3. The smallest absolute Gasteiger partial charge is 0.233 e. The zero-order chi connectivity index (χ0) is 25.2. The van der Waals surface area contributed by atoms with Crippen molar-refractivity contribution in [2.24, 2.45) is 17.8 Å². The predicted molar refractivity (Wildman–Crippen MR) is 128 cm³/mol. The number of carbonyl (C=O) groups excluding carboxylic acids is 4. The summed E-state index contributed by atoms with van der Waals surface area (Å²) in [5, 5.41) is 10.4. The van der Waals surface area contributed by atoms with Crippen LogP contribution in [0.3, 0.4) is 0 Å². The van der Waals surface area contributed by atoms with Gasteiger partial charge in [-0.2, -0.15) is 0 Å². The van der Waals surface area contributed by atoms with Gasteiger partial charge in [0.15, 0.2) is 23.1 Å². The number of rotatable bonds is 4. The Morgan fingerprint density at radius 1 is 1.06 bits per heavy atom. The molecule has 4 unspecified atom stereocenters. The van der Waals surface area contributed by atoms with Crippen LogP contribution in [0.4, 0.5) is 0 Å². The summed E-state index contributed by atoms with van der Waals surface area (Å²) in [7, 11) is 2.82. The minimum absolute atomic E-state index is 0.161. The maximum atomic E-state index is 13.3. The van der Waals surface area contributed by atoms with Crippen LogP contribution in [0.25, 0.3) is 0 Å². The van der Waals surface area contributed by atoms with E-state index in [0.717, 1.165) is 5.57 Å². The third kappa shape index (κ3) is 3.31. The number of hydrogen-bond donors (Lipinski definition) is 1. The highest BCUT2D eigenvalue weighted by atomic mass is 79.9. The van der Waals surface area contributed by atoms with Crippen molar-refractivity contribution in [3.8, 4) is 17.2 Å². The molecule has 4 atom stereocenters. The Balaban J connectivity index is 1.73. The Morgan fingerprint density at radius 3 is 2.31 bits per heavy atom. The average molecular weight is 542 g/mol. The Hall–Kier alpha value is -3.20. The molecule has 35 heavy (non-hydrogen) atoms. The summed E-state index contributed by atoms with van der Waals surface area (Å²) < 4.78 is 10.9. The number of ketones is 2. The van der Waals surface area contributed by atoms with Crippen molar-refractivity contribution in [3.63, 3.8) is 0 Å². The van der Waals surface area contributed by atoms with Crippen molar-refractivity contribution in [1.82, 2.24) is 4.90 Å². The van der Waals surface area contributed by atoms with E-state index in [1.165, 1.54) is 25.2 Å². The number of likely N-dealkylation sites (tertiary alicyclic amines) is 1. The fraction of sp³-hybridized carbons (Fsp3) is 0.385. The number of phenolic OH excluding ortho intramolecular Hbond substituents is 1. The van der Waals surface area contributed by atoms with E-state index in [1.807, 2.05) is 6.08 Å². The molecule has 1 heterocycles. The summed E-state index contributed by atoms with van der Waals surface area (Å²) in [6, 6.07) is 3.24. The summed E-state index contributed by atoms with van der Waals surface area (Å²) in [6.45, 7) is 2.06. The molecule has 5 rings (SSSR count). The van der Waals surface area contributed by atoms with Crippen LogP contribution in [0.5, 0.6) is 17.2 Å². The number of benzene rings is 1. The molecule has 1 aromatic rings. The third-order valence-electron chi connectivity index (χ3n) is 7.57. The van der Waals surface area contributed by atoms with Gasteiger partial charge in [0.25, 0.3) is 0 Å². The number of halogens is 1. The molecule has 3 aliphatic carbocycles. The fourth-order valence-corrected chi connectivity index (χ4v) is 6.49. The lowest BCUT2D eigenvalue weighted by atomic mass is 9.59. The SMILES string of the molecule is CCN1C(=O)C2CC=C3C(c4cc(OC)c(O)c(OC)c4)C4=C(CC3C2C1=O)C(=O)C(Br)=CC4=O. The first-order valence-electron chi connectivity index (χ1n) is 11.4. The molecule has 4 aliphatic rings. The lowest BCUT2D eigenvalue weighted by molar-refractivity contribution is -0.139. The Morgan fingerprint density at radius 2 is 1.71 bits per heavy atom. The number of nitrogens with zero attached hydrogens (tertiary/aromatic N) is 1. The Kier molecular flexibility index (Phi) is 5.70. The molecule has 1 N–H and O–H groups in total. The van der Waals surface area contributed by atoms with Crippen LogP contribution in [0.2, 0.25) is 0 Å². The second-order valence-electron chi connectivity index (χ2n) is 9.09. The van der Waals surface area contributed by atoms with E-state index in [9.17, 15) is 24.3 Å². The van der Waals surface area contributed by atoms with Crippen molar-refractivity contribution in [2.45, 2.75) is 25.7 Å². The molecular weight excluding hydrogens is 518 g/mol. The van der Waals surface area contributed by atoms with E-state index in [-0.39, 0.29) is 51.5 Å². The van der Waals surface area contributed by atoms with Gasteiger partial charge in [0.1, 0.15) is 0 Å². The van der Waals surface area contributed by atoms with Gasteiger partial charge in [-0.25, -0.2) is 0 Å². The zero-order valence-electron chi connectivity index (χ0n) is 19.5. The number of allylic oxidation sites excluding steroid dienone is 6. The number of hydrogen-bond acceptors (Lipinski definition) is 7. The van der Waals surface area contributed by atoms with Crippen LogP contribution in [-0.2, 0) is 19.2 Å². The van der Waals surface area contributed by atoms with Crippen molar-refractivity contribution in [3.05, 3.63) is 51.0 Å². The predicted octanol–water partition coefficient (Wildman–Crippen LogP) is 3.19. The summed E-state index contributed by atoms with van der Waals surface area (Å²) in [5.41, 5.74) is 2.11. The third-order valence-corrected chi connectivity index (χ3v) is 8.16. The highest BCUT2D eigenvalue weighted by Gasteiger charge is 2.56. The van der Waals surface area contributed by atoms with Crippen molar-refractivity contribution < 1.29 is 33.8 Å². The Labute approximate surface area is 210 Å². The number of carbonyl (C=O) groups is 4. The number of ether oxygens (including phenoxy) is 2. The number of imide groups is 1. The zero-order valence-corrected chi connectivity index (χ0v) is 21.0. The minimum Gasteiger partial charge on any atom is -0.502 e. The average Bonchev–Trinajstić information content (AvgIpc) is 3.10. The van der Waals surface area contributed by atoms with E-state index in [0.29, 0.717) is 29.7 Å². The number of methoxy groups -OCH3 is 2. The molecule has 9 heteroatoms. The maximum Gasteiger partial charge on any atom is 0.233 e. The second-order valence-corrected chi connectivity index (χ2v) is 9.94. The molecule has 0 spiro atoms. The monoisotopic (exact) mass is 541 g/mol. The molecule has 1 aromatic carbocycles. The fourth-order valence-electron chi connectivity index (χ4n) is 6.04. The van der Waals surface area contributed by atoms with Crippen molar-refractivity contribution in [1.29, 1.82) is 0 Å². The summed E-state index contributed by atoms with van der Waals surface area (Å²) >= 11 is 3.21. The molecule has 1 fully saturated rings. The van der Waals surface area contributed by atoms with E-state index in [1.54, 1.807) is 19.1 Å². The van der Waals surface area contributed by atoms with Crippen LogP contribution in [-0.4, -0.2) is 54.2 Å². The van der Waals surface area contributed by atoms with Gasteiger partial charge in [-0.1, -0.05) is 11.6 Å². The highest BCUT2D eigenvalue weighted by molar-refractivity contribution is 9.12. The lowest BCUT2D eigenvalue weighted by Gasteiger charge is -2.42. The van der Waals surface area contributed by atoms with Gasteiger partial charge in [-0.05, 0) is 59.3 Å². The van der Waals surface area contributed by atoms with Gasteiger partial charge in [0.05, 0.1) is 30.5 Å². The number of aromatic hydroxyl groups is 1. The van der Waals surface area contributed by atoms with Gasteiger partial charge in [0, 0.05) is 29.7 Å². The normalized spacial score (nSPS) is 27.8. The lowest BCUT2D eigenvalue weighted by Crippen LogP contribution is -2.39. The van der Waals surface area contributed by atoms with Crippen LogP contribution >= 0.6 is 15.9 Å².